The van der Waals surface area contributed by atoms with Gasteiger partial charge >= 0.3 is 5.97 Å². The number of Topliss-reactive ketones (excluding diaryl/α,β-unsaturated/α-hetero) is 1. The minimum absolute atomic E-state index is 0.227. The number of benzene rings is 1. The van der Waals surface area contributed by atoms with Crippen molar-refractivity contribution in [3.05, 3.63) is 66.0 Å². The van der Waals surface area contributed by atoms with E-state index in [-0.39, 0.29) is 18.2 Å². The highest BCUT2D eigenvalue weighted by atomic mass is 16.5. The summed E-state index contributed by atoms with van der Waals surface area (Å²) in [5.74, 6) is -1.48. The van der Waals surface area contributed by atoms with Crippen molar-refractivity contribution in [2.24, 2.45) is 5.92 Å². The highest BCUT2D eigenvalue weighted by molar-refractivity contribution is 6.03. The number of amides is 1. The Morgan fingerprint density at radius 1 is 1.04 bits per heavy atom. The van der Waals surface area contributed by atoms with Gasteiger partial charge in [0.05, 0.1) is 19.2 Å². The number of ether oxygens (including phenoxy) is 1. The van der Waals surface area contributed by atoms with Crippen LogP contribution in [0.4, 0.5) is 0 Å². The number of carbonyl (C=O) groups excluding carboxylic acids is 3. The predicted octanol–water partition coefficient (Wildman–Crippen LogP) is 2.60. The highest BCUT2D eigenvalue weighted by Crippen LogP contribution is 2.17. The summed E-state index contributed by atoms with van der Waals surface area (Å²) >= 11 is 0. The molecule has 0 N–H and O–H groups in total. The lowest BCUT2D eigenvalue weighted by molar-refractivity contribution is -0.147. The number of aromatic nitrogens is 1. The first-order valence-corrected chi connectivity index (χ1v) is 8.32. The molecule has 0 aliphatic carbocycles. The maximum Gasteiger partial charge on any atom is 0.328 e. The van der Waals surface area contributed by atoms with E-state index in [1.165, 1.54) is 18.2 Å². The summed E-state index contributed by atoms with van der Waals surface area (Å²) in [4.78, 5) is 43.2. The number of hydrogen-bond donors (Lipinski definition) is 0. The summed E-state index contributed by atoms with van der Waals surface area (Å²) in [6.45, 7) is 3.38. The molecular formula is C20H22N2O4. The molecule has 26 heavy (non-hydrogen) atoms. The molecule has 6 nitrogen and oxygen atoms in total. The van der Waals surface area contributed by atoms with E-state index in [9.17, 15) is 14.4 Å². The van der Waals surface area contributed by atoms with Gasteiger partial charge in [0.25, 0.3) is 5.91 Å². The number of esters is 1. The lowest BCUT2D eigenvalue weighted by atomic mass is 10.00. The maximum atomic E-state index is 13.0. The van der Waals surface area contributed by atoms with E-state index < -0.39 is 17.9 Å². The third kappa shape index (κ3) is 4.53. The molecule has 1 aromatic carbocycles. The van der Waals surface area contributed by atoms with Crippen molar-refractivity contribution < 1.29 is 19.1 Å². The van der Waals surface area contributed by atoms with E-state index in [0.717, 1.165) is 0 Å². The van der Waals surface area contributed by atoms with Crippen LogP contribution in [0.2, 0.25) is 0 Å². The van der Waals surface area contributed by atoms with Crippen molar-refractivity contribution in [1.82, 2.24) is 9.88 Å². The standard InChI is InChI=1S/C20H22N2O4/c1-14(2)18(20(25)26-3)22(19(24)16-10-7-11-21-12-16)13-17(23)15-8-5-4-6-9-15/h4-12,14,18H,13H2,1-3H3. The van der Waals surface area contributed by atoms with Gasteiger partial charge in [0.15, 0.2) is 5.78 Å². The van der Waals surface area contributed by atoms with Gasteiger partial charge < -0.3 is 9.64 Å². The molecule has 0 aliphatic heterocycles. The summed E-state index contributed by atoms with van der Waals surface area (Å²) in [7, 11) is 1.27. The van der Waals surface area contributed by atoms with Crippen LogP contribution in [0.1, 0.15) is 34.6 Å². The molecule has 1 atom stereocenters. The monoisotopic (exact) mass is 354 g/mol. The molecule has 0 fully saturated rings. The molecule has 6 heteroatoms. The fourth-order valence-electron chi connectivity index (χ4n) is 2.70. The Hall–Kier alpha value is -3.02. The van der Waals surface area contributed by atoms with Gasteiger partial charge in [-0.25, -0.2) is 4.79 Å². The lowest BCUT2D eigenvalue weighted by Gasteiger charge is -2.32. The number of methoxy groups -OCH3 is 1. The summed E-state index contributed by atoms with van der Waals surface area (Å²) < 4.78 is 4.87. The van der Waals surface area contributed by atoms with Crippen LogP contribution in [-0.4, -0.2) is 47.2 Å². The fourth-order valence-corrected chi connectivity index (χ4v) is 2.70. The average molecular weight is 354 g/mol. The van der Waals surface area contributed by atoms with Crippen LogP contribution in [-0.2, 0) is 9.53 Å². The lowest BCUT2D eigenvalue weighted by Crippen LogP contribution is -2.50. The Morgan fingerprint density at radius 3 is 2.23 bits per heavy atom. The summed E-state index contributed by atoms with van der Waals surface area (Å²) in [6.07, 6.45) is 2.97. The summed E-state index contributed by atoms with van der Waals surface area (Å²) in [5.41, 5.74) is 0.784. The molecule has 136 valence electrons. The number of carbonyl (C=O) groups is 3. The van der Waals surface area contributed by atoms with Gasteiger partial charge in [0, 0.05) is 18.0 Å². The zero-order valence-corrected chi connectivity index (χ0v) is 15.1. The van der Waals surface area contributed by atoms with Crippen LogP contribution >= 0.6 is 0 Å². The number of rotatable bonds is 7. The molecule has 0 radical (unpaired) electrons. The summed E-state index contributed by atoms with van der Waals surface area (Å²) in [5, 5.41) is 0. The van der Waals surface area contributed by atoms with Gasteiger partial charge in [-0.05, 0) is 18.1 Å². The summed E-state index contributed by atoms with van der Waals surface area (Å²) in [6, 6.07) is 11.0. The van der Waals surface area contributed by atoms with Crippen LogP contribution < -0.4 is 0 Å². The van der Waals surface area contributed by atoms with Crippen LogP contribution in [0.3, 0.4) is 0 Å². The molecule has 0 saturated heterocycles. The van der Waals surface area contributed by atoms with Gasteiger partial charge in [0.1, 0.15) is 6.04 Å². The van der Waals surface area contributed by atoms with Crippen molar-refractivity contribution in [2.75, 3.05) is 13.7 Å². The molecule has 2 aromatic rings. The second-order valence-electron chi connectivity index (χ2n) is 6.18. The average Bonchev–Trinajstić information content (AvgIpc) is 2.67. The first-order chi connectivity index (χ1) is 12.5. The Morgan fingerprint density at radius 2 is 1.69 bits per heavy atom. The van der Waals surface area contributed by atoms with Crippen molar-refractivity contribution in [1.29, 1.82) is 0 Å². The molecule has 2 rings (SSSR count). The van der Waals surface area contributed by atoms with Crippen molar-refractivity contribution in [3.8, 4) is 0 Å². The number of pyridine rings is 1. The van der Waals surface area contributed by atoms with E-state index in [4.69, 9.17) is 4.74 Å². The first-order valence-electron chi connectivity index (χ1n) is 8.32. The topological polar surface area (TPSA) is 76.6 Å². The van der Waals surface area contributed by atoms with Gasteiger partial charge in [-0.15, -0.1) is 0 Å². The zero-order valence-electron chi connectivity index (χ0n) is 15.1. The van der Waals surface area contributed by atoms with Crippen molar-refractivity contribution in [2.45, 2.75) is 19.9 Å². The van der Waals surface area contributed by atoms with Gasteiger partial charge in [-0.1, -0.05) is 44.2 Å². The molecule has 1 aromatic heterocycles. The third-order valence-corrected chi connectivity index (χ3v) is 3.99. The Labute approximate surface area is 152 Å². The first kappa shape index (κ1) is 19.3. The molecule has 1 amide bonds. The van der Waals surface area contributed by atoms with E-state index in [0.29, 0.717) is 11.1 Å². The minimum Gasteiger partial charge on any atom is -0.467 e. The second kappa shape index (κ2) is 8.89. The number of nitrogens with zero attached hydrogens (tertiary/aromatic N) is 2. The van der Waals surface area contributed by atoms with Gasteiger partial charge in [0.2, 0.25) is 0 Å². The SMILES string of the molecule is COC(=O)C(C(C)C)N(CC(=O)c1ccccc1)C(=O)c1cccnc1. The van der Waals surface area contributed by atoms with Crippen molar-refractivity contribution in [3.63, 3.8) is 0 Å². The fraction of sp³-hybridized carbons (Fsp3) is 0.300. The highest BCUT2D eigenvalue weighted by Gasteiger charge is 2.35. The molecule has 0 spiro atoms. The van der Waals surface area contributed by atoms with Crippen molar-refractivity contribution >= 4 is 17.7 Å². The van der Waals surface area contributed by atoms with E-state index in [2.05, 4.69) is 4.98 Å². The molecule has 0 saturated carbocycles. The maximum absolute atomic E-state index is 13.0. The molecule has 0 bridgehead atoms. The second-order valence-corrected chi connectivity index (χ2v) is 6.18. The Balaban J connectivity index is 2.39. The molecule has 1 heterocycles. The van der Waals surface area contributed by atoms with E-state index >= 15 is 0 Å². The Kier molecular flexibility index (Phi) is 6.60. The van der Waals surface area contributed by atoms with Crippen LogP contribution in [0.15, 0.2) is 54.9 Å². The van der Waals surface area contributed by atoms with E-state index in [1.807, 2.05) is 0 Å². The minimum atomic E-state index is -0.875. The predicted molar refractivity (Wildman–Crippen MR) is 96.7 cm³/mol. The van der Waals surface area contributed by atoms with Crippen LogP contribution in [0.25, 0.3) is 0 Å². The zero-order chi connectivity index (χ0) is 19.1. The number of hydrogen-bond acceptors (Lipinski definition) is 5. The number of ketones is 1. The van der Waals surface area contributed by atoms with Crippen LogP contribution in [0, 0.1) is 5.92 Å². The quantitative estimate of drug-likeness (QED) is 0.564. The largest absolute Gasteiger partial charge is 0.467 e. The molecule has 0 aliphatic rings. The Bertz CT molecular complexity index is 760. The third-order valence-electron chi connectivity index (χ3n) is 3.99. The van der Waals surface area contributed by atoms with Crippen LogP contribution in [0.5, 0.6) is 0 Å². The van der Waals surface area contributed by atoms with Gasteiger partial charge in [-0.3, -0.25) is 14.6 Å². The molecule has 1 unspecified atom stereocenters. The smallest absolute Gasteiger partial charge is 0.328 e. The normalized spacial score (nSPS) is 11.7. The van der Waals surface area contributed by atoms with E-state index in [1.54, 1.807) is 62.5 Å². The molecular weight excluding hydrogens is 332 g/mol. The van der Waals surface area contributed by atoms with Gasteiger partial charge in [-0.2, -0.15) is 0 Å².